The van der Waals surface area contributed by atoms with Crippen molar-refractivity contribution in [1.29, 1.82) is 0 Å². The van der Waals surface area contributed by atoms with Gasteiger partial charge in [-0.3, -0.25) is 0 Å². The predicted molar refractivity (Wildman–Crippen MR) is 207 cm³/mol. The lowest BCUT2D eigenvalue weighted by molar-refractivity contribution is 0.668. The molecular weight excluding hydrogens is 613 g/mol. The van der Waals surface area contributed by atoms with Crippen LogP contribution in [0.25, 0.3) is 110 Å². The number of nitrogens with zero attached hydrogens (tertiary/aromatic N) is 2. The van der Waals surface area contributed by atoms with Gasteiger partial charge in [-0.25, -0.2) is 0 Å². The van der Waals surface area contributed by atoms with Crippen LogP contribution in [0.4, 0.5) is 0 Å². The van der Waals surface area contributed by atoms with Crippen molar-refractivity contribution >= 4 is 98.3 Å². The van der Waals surface area contributed by atoms with E-state index in [2.05, 4.69) is 143 Å². The largest absolute Gasteiger partial charge is 0.456 e. The van der Waals surface area contributed by atoms with Gasteiger partial charge in [-0.05, 0) is 60.7 Å². The molecule has 0 aliphatic heterocycles. The minimum Gasteiger partial charge on any atom is -0.456 e. The van der Waals surface area contributed by atoms with Gasteiger partial charge in [0.15, 0.2) is 0 Å². The lowest BCUT2D eigenvalue weighted by atomic mass is 9.99. The van der Waals surface area contributed by atoms with Gasteiger partial charge in [0.05, 0.1) is 22.1 Å². The molecule has 0 saturated heterocycles. The fourth-order valence-corrected chi connectivity index (χ4v) is 8.63. The minimum atomic E-state index is 0.897. The molecule has 0 saturated carbocycles. The zero-order chi connectivity index (χ0) is 32.5. The second kappa shape index (κ2) is 9.43. The number of furan rings is 2. The number of fused-ring (bicyclic) bond motifs is 16. The fraction of sp³-hybridized carbons (Fsp3) is 0. The van der Waals surface area contributed by atoms with Gasteiger partial charge in [0.1, 0.15) is 22.3 Å². The molecule has 0 fully saturated rings. The third kappa shape index (κ3) is 3.30. The smallest absolute Gasteiger partial charge is 0.135 e. The van der Waals surface area contributed by atoms with E-state index in [0.717, 1.165) is 55.3 Å². The van der Waals surface area contributed by atoms with E-state index in [9.17, 15) is 0 Å². The van der Waals surface area contributed by atoms with Gasteiger partial charge < -0.3 is 18.0 Å². The number of hydrogen-bond donors (Lipinski definition) is 0. The Morgan fingerprint density at radius 3 is 1.12 bits per heavy atom. The van der Waals surface area contributed by atoms with Crippen LogP contribution in [0, 0.1) is 0 Å². The molecule has 0 aliphatic rings. The molecule has 50 heavy (non-hydrogen) atoms. The average Bonchev–Trinajstić information content (AvgIpc) is 3.92. The van der Waals surface area contributed by atoms with Crippen molar-refractivity contribution in [3.63, 3.8) is 0 Å². The summed E-state index contributed by atoms with van der Waals surface area (Å²) in [7, 11) is 0. The summed E-state index contributed by atoms with van der Waals surface area (Å²) in [5.74, 6) is 0. The van der Waals surface area contributed by atoms with E-state index in [1.165, 1.54) is 54.4 Å². The van der Waals surface area contributed by atoms with Gasteiger partial charge in [-0.1, -0.05) is 97.1 Å². The SMILES string of the molecule is c1ccc2c(c1)oc1ccc(-n3c4ccccc4c4c5c6ccccc6n(-c6ccc7oc8ccccc8c7c6)c5c5ccccc5c43)cc12. The maximum atomic E-state index is 6.25. The Morgan fingerprint density at radius 1 is 0.300 bits per heavy atom. The second-order valence-corrected chi connectivity index (χ2v) is 13.3. The van der Waals surface area contributed by atoms with Gasteiger partial charge in [-0.2, -0.15) is 0 Å². The van der Waals surface area contributed by atoms with Gasteiger partial charge in [-0.15, -0.1) is 0 Å². The molecule has 0 unspecified atom stereocenters. The number of benzene rings is 8. The molecule has 8 aromatic carbocycles. The van der Waals surface area contributed by atoms with Crippen LogP contribution in [0.5, 0.6) is 0 Å². The summed E-state index contributed by atoms with van der Waals surface area (Å²) >= 11 is 0. The van der Waals surface area contributed by atoms with Crippen LogP contribution in [0.15, 0.2) is 167 Å². The molecule has 0 atom stereocenters. The first-order valence-corrected chi connectivity index (χ1v) is 17.0. The summed E-state index contributed by atoms with van der Waals surface area (Å²) in [6.45, 7) is 0. The van der Waals surface area contributed by atoms with Gasteiger partial charge in [0.25, 0.3) is 0 Å². The quantitative estimate of drug-likeness (QED) is 0.189. The second-order valence-electron chi connectivity index (χ2n) is 13.3. The van der Waals surface area contributed by atoms with Crippen molar-refractivity contribution in [1.82, 2.24) is 9.13 Å². The molecule has 12 rings (SSSR count). The van der Waals surface area contributed by atoms with Crippen LogP contribution in [0.1, 0.15) is 0 Å². The van der Waals surface area contributed by atoms with Crippen molar-refractivity contribution in [2.75, 3.05) is 0 Å². The molecule has 0 bridgehead atoms. The van der Waals surface area contributed by atoms with Gasteiger partial charge in [0.2, 0.25) is 0 Å². The van der Waals surface area contributed by atoms with Crippen LogP contribution in [-0.2, 0) is 0 Å². The highest BCUT2D eigenvalue weighted by Gasteiger charge is 2.24. The van der Waals surface area contributed by atoms with E-state index in [0.29, 0.717) is 0 Å². The fourth-order valence-electron chi connectivity index (χ4n) is 8.63. The first kappa shape index (κ1) is 26.2. The number of para-hydroxylation sites is 4. The Morgan fingerprint density at radius 2 is 0.660 bits per heavy atom. The Hall–Kier alpha value is -6.78. The van der Waals surface area contributed by atoms with Crippen LogP contribution in [0.2, 0.25) is 0 Å². The Kier molecular flexibility index (Phi) is 4.94. The minimum absolute atomic E-state index is 0.897. The van der Waals surface area contributed by atoms with E-state index in [1.54, 1.807) is 0 Å². The van der Waals surface area contributed by atoms with E-state index >= 15 is 0 Å². The van der Waals surface area contributed by atoms with Crippen molar-refractivity contribution in [3.8, 4) is 11.4 Å². The molecule has 4 heteroatoms. The highest BCUT2D eigenvalue weighted by molar-refractivity contribution is 6.37. The molecule has 0 spiro atoms. The highest BCUT2D eigenvalue weighted by Crippen LogP contribution is 2.47. The molecule has 4 aromatic heterocycles. The van der Waals surface area contributed by atoms with Crippen LogP contribution in [-0.4, -0.2) is 9.13 Å². The van der Waals surface area contributed by atoms with Crippen molar-refractivity contribution in [2.45, 2.75) is 0 Å². The van der Waals surface area contributed by atoms with E-state index < -0.39 is 0 Å². The van der Waals surface area contributed by atoms with Crippen molar-refractivity contribution < 1.29 is 8.83 Å². The Labute approximate surface area is 284 Å². The first-order chi connectivity index (χ1) is 24.8. The van der Waals surface area contributed by atoms with Crippen molar-refractivity contribution in [3.05, 3.63) is 158 Å². The summed E-state index contributed by atoms with van der Waals surface area (Å²) in [4.78, 5) is 0. The standard InChI is InChI=1S/C46H26N2O2/c1-2-14-32-31(13-1)45-43(33-15-3-7-17-37(33)47(45)27-21-23-41-35(25-27)29-11-5-9-19-39(29)49-41)44-34-16-4-8-18-38(34)48(46(32)44)28-22-24-42-36(26-28)30-12-6-10-20-40(30)50-42/h1-26H. The van der Waals surface area contributed by atoms with Crippen molar-refractivity contribution in [2.24, 2.45) is 0 Å². The summed E-state index contributed by atoms with van der Waals surface area (Å²) in [5, 5.41) is 11.9. The Bertz CT molecular complexity index is 3160. The van der Waals surface area contributed by atoms with Crippen LogP contribution < -0.4 is 0 Å². The molecule has 12 aromatic rings. The zero-order valence-corrected chi connectivity index (χ0v) is 26.7. The number of aromatic nitrogens is 2. The van der Waals surface area contributed by atoms with Crippen LogP contribution in [0.3, 0.4) is 0 Å². The maximum absolute atomic E-state index is 6.25. The zero-order valence-electron chi connectivity index (χ0n) is 26.7. The van der Waals surface area contributed by atoms with Gasteiger partial charge >= 0.3 is 0 Å². The molecule has 4 nitrogen and oxygen atoms in total. The third-order valence-electron chi connectivity index (χ3n) is 10.7. The predicted octanol–water partition coefficient (Wildman–Crippen LogP) is 12.8. The molecule has 0 radical (unpaired) electrons. The maximum Gasteiger partial charge on any atom is 0.135 e. The molecule has 0 amide bonds. The van der Waals surface area contributed by atoms with Crippen LogP contribution >= 0.6 is 0 Å². The van der Waals surface area contributed by atoms with Gasteiger partial charge in [0, 0.05) is 65.2 Å². The summed E-state index contributed by atoms with van der Waals surface area (Å²) in [6, 6.07) is 56.4. The summed E-state index contributed by atoms with van der Waals surface area (Å²) in [5.41, 5.74) is 10.6. The molecular formula is C46H26N2O2. The lowest BCUT2D eigenvalue weighted by Crippen LogP contribution is -1.96. The topological polar surface area (TPSA) is 36.1 Å². The third-order valence-corrected chi connectivity index (χ3v) is 10.7. The number of rotatable bonds is 2. The van der Waals surface area contributed by atoms with E-state index in [1.807, 2.05) is 24.3 Å². The molecule has 232 valence electrons. The summed E-state index contributed by atoms with van der Waals surface area (Å²) < 4.78 is 17.4. The number of hydrogen-bond acceptors (Lipinski definition) is 2. The van der Waals surface area contributed by atoms with E-state index in [-0.39, 0.29) is 0 Å². The Balaban J connectivity index is 1.28. The van der Waals surface area contributed by atoms with E-state index in [4.69, 9.17) is 8.83 Å². The lowest BCUT2D eigenvalue weighted by Gasteiger charge is -2.13. The normalized spacial score (nSPS) is 12.4. The highest BCUT2D eigenvalue weighted by atomic mass is 16.3. The monoisotopic (exact) mass is 638 g/mol. The average molecular weight is 639 g/mol. The summed E-state index contributed by atoms with van der Waals surface area (Å²) in [6.07, 6.45) is 0. The molecule has 4 heterocycles. The molecule has 0 aliphatic carbocycles. The first-order valence-electron chi connectivity index (χ1n) is 17.0. The molecule has 0 N–H and O–H groups in total.